The number of nitrogens with zero attached hydrogens (tertiary/aromatic N) is 3. The van der Waals surface area contributed by atoms with E-state index in [9.17, 15) is 4.79 Å². The summed E-state index contributed by atoms with van der Waals surface area (Å²) in [6, 6.07) is 9.47. The molecule has 114 valence electrons. The highest BCUT2D eigenvalue weighted by molar-refractivity contribution is 8.00. The van der Waals surface area contributed by atoms with Crippen molar-refractivity contribution >= 4 is 35.0 Å². The van der Waals surface area contributed by atoms with E-state index >= 15 is 0 Å². The number of rotatable bonds is 3. The van der Waals surface area contributed by atoms with Gasteiger partial charge in [0.1, 0.15) is 11.6 Å². The number of para-hydroxylation sites is 1. The van der Waals surface area contributed by atoms with Crippen molar-refractivity contribution in [3.63, 3.8) is 0 Å². The van der Waals surface area contributed by atoms with E-state index < -0.39 is 0 Å². The number of thioether (sulfide) groups is 1. The molecule has 0 fully saturated rings. The molecular weight excluding hydrogens is 298 g/mol. The second-order valence-electron chi connectivity index (χ2n) is 5.13. The molecule has 0 radical (unpaired) electrons. The van der Waals surface area contributed by atoms with Gasteiger partial charge in [-0.2, -0.15) is 0 Å². The van der Waals surface area contributed by atoms with Gasteiger partial charge in [0, 0.05) is 18.3 Å². The van der Waals surface area contributed by atoms with Gasteiger partial charge in [0.2, 0.25) is 5.91 Å². The number of aromatic nitrogens is 2. The smallest absolute Gasteiger partial charge is 0.240 e. The summed E-state index contributed by atoms with van der Waals surface area (Å²) >= 11 is 1.27. The molecule has 7 heteroatoms. The number of nitrogen functional groups attached to an aromatic ring is 2. The lowest BCUT2D eigenvalue weighted by Crippen LogP contribution is -2.35. The number of carbonyl (C=O) groups is 1. The molecular formula is C15H17N5OS. The van der Waals surface area contributed by atoms with Crippen LogP contribution in [-0.2, 0) is 11.2 Å². The van der Waals surface area contributed by atoms with Gasteiger partial charge in [-0.1, -0.05) is 30.0 Å². The molecule has 2 aromatic rings. The molecule has 1 atom stereocenters. The van der Waals surface area contributed by atoms with Gasteiger partial charge in [0.05, 0.1) is 5.25 Å². The molecule has 22 heavy (non-hydrogen) atoms. The third kappa shape index (κ3) is 2.85. The zero-order chi connectivity index (χ0) is 15.7. The second-order valence-corrected chi connectivity index (χ2v) is 6.44. The largest absolute Gasteiger partial charge is 0.383 e. The summed E-state index contributed by atoms with van der Waals surface area (Å²) in [5.41, 5.74) is 13.5. The van der Waals surface area contributed by atoms with E-state index in [4.69, 9.17) is 11.5 Å². The zero-order valence-corrected chi connectivity index (χ0v) is 13.0. The fraction of sp³-hybridized carbons (Fsp3) is 0.267. The molecule has 4 N–H and O–H groups in total. The van der Waals surface area contributed by atoms with Gasteiger partial charge >= 0.3 is 0 Å². The average molecular weight is 315 g/mol. The molecule has 3 rings (SSSR count). The van der Waals surface area contributed by atoms with E-state index in [0.29, 0.717) is 23.3 Å². The van der Waals surface area contributed by atoms with E-state index in [1.54, 1.807) is 0 Å². The van der Waals surface area contributed by atoms with Gasteiger partial charge in [-0.05, 0) is 25.0 Å². The standard InChI is InChI=1S/C15H17N5OS/c1-9(22-15-18-12(16)8-13(17)19-15)14(21)20-7-6-10-4-2-3-5-11(10)20/h2-5,8-9H,6-7H2,1H3,(H4,16,17,18,19)/t9-/m1/s1. The van der Waals surface area contributed by atoms with Gasteiger partial charge < -0.3 is 16.4 Å². The van der Waals surface area contributed by atoms with Crippen LogP contribution in [0.4, 0.5) is 17.3 Å². The summed E-state index contributed by atoms with van der Waals surface area (Å²) in [5, 5.41) is 0.109. The lowest BCUT2D eigenvalue weighted by Gasteiger charge is -2.21. The normalized spacial score (nSPS) is 14.7. The average Bonchev–Trinajstić information content (AvgIpc) is 2.89. The number of benzene rings is 1. The van der Waals surface area contributed by atoms with Crippen molar-refractivity contribution in [2.24, 2.45) is 0 Å². The van der Waals surface area contributed by atoms with Crippen LogP contribution in [0.15, 0.2) is 35.5 Å². The fourth-order valence-corrected chi connectivity index (χ4v) is 3.37. The fourth-order valence-electron chi connectivity index (χ4n) is 2.51. The minimum absolute atomic E-state index is 0.0412. The number of amides is 1. The summed E-state index contributed by atoms with van der Waals surface area (Å²) in [5.74, 6) is 0.655. The summed E-state index contributed by atoms with van der Waals surface area (Å²) in [6.45, 7) is 2.56. The van der Waals surface area contributed by atoms with Crippen LogP contribution in [0.1, 0.15) is 12.5 Å². The Kier molecular flexibility index (Phi) is 3.89. The van der Waals surface area contributed by atoms with E-state index in [-0.39, 0.29) is 11.2 Å². The molecule has 1 aliphatic heterocycles. The van der Waals surface area contributed by atoms with Gasteiger partial charge in [-0.25, -0.2) is 9.97 Å². The third-order valence-electron chi connectivity index (χ3n) is 3.53. The van der Waals surface area contributed by atoms with Crippen LogP contribution < -0.4 is 16.4 Å². The maximum absolute atomic E-state index is 12.7. The predicted molar refractivity (Wildman–Crippen MR) is 88.7 cm³/mol. The Balaban J connectivity index is 1.75. The summed E-state index contributed by atoms with van der Waals surface area (Å²) in [7, 11) is 0. The van der Waals surface area contributed by atoms with Crippen molar-refractivity contribution in [3.05, 3.63) is 35.9 Å². The van der Waals surface area contributed by atoms with E-state index in [1.807, 2.05) is 30.0 Å². The first kappa shape index (κ1) is 14.6. The van der Waals surface area contributed by atoms with Crippen molar-refractivity contribution in [3.8, 4) is 0 Å². The van der Waals surface area contributed by atoms with E-state index in [2.05, 4.69) is 16.0 Å². The number of hydrogen-bond acceptors (Lipinski definition) is 6. The van der Waals surface area contributed by atoms with Crippen LogP contribution in [0.2, 0.25) is 0 Å². The first-order chi connectivity index (χ1) is 10.5. The van der Waals surface area contributed by atoms with Crippen molar-refractivity contribution in [2.75, 3.05) is 22.9 Å². The third-order valence-corrected chi connectivity index (χ3v) is 4.48. The monoisotopic (exact) mass is 315 g/mol. The Hall–Kier alpha value is -2.28. The number of fused-ring (bicyclic) bond motifs is 1. The molecule has 6 nitrogen and oxygen atoms in total. The van der Waals surface area contributed by atoms with E-state index in [1.165, 1.54) is 23.4 Å². The van der Waals surface area contributed by atoms with Crippen LogP contribution in [0.5, 0.6) is 0 Å². The molecule has 0 saturated carbocycles. The Morgan fingerprint density at radius 2 is 1.95 bits per heavy atom. The highest BCUT2D eigenvalue weighted by atomic mass is 32.2. The molecule has 0 bridgehead atoms. The SMILES string of the molecule is C[C@@H](Sc1nc(N)cc(N)n1)C(=O)N1CCc2ccccc21. The molecule has 1 aliphatic rings. The van der Waals surface area contributed by atoms with Crippen molar-refractivity contribution in [2.45, 2.75) is 23.8 Å². The lowest BCUT2D eigenvalue weighted by molar-refractivity contribution is -0.117. The van der Waals surface area contributed by atoms with Crippen LogP contribution in [0.25, 0.3) is 0 Å². The topological polar surface area (TPSA) is 98.1 Å². The van der Waals surface area contributed by atoms with E-state index in [0.717, 1.165) is 12.1 Å². The first-order valence-electron chi connectivity index (χ1n) is 7.00. The van der Waals surface area contributed by atoms with Crippen molar-refractivity contribution in [1.29, 1.82) is 0 Å². The van der Waals surface area contributed by atoms with Crippen molar-refractivity contribution in [1.82, 2.24) is 9.97 Å². The van der Waals surface area contributed by atoms with Crippen LogP contribution >= 0.6 is 11.8 Å². The molecule has 0 spiro atoms. The maximum atomic E-state index is 12.7. The molecule has 1 aromatic carbocycles. The molecule has 1 aromatic heterocycles. The van der Waals surface area contributed by atoms with Crippen molar-refractivity contribution < 1.29 is 4.79 Å². The number of anilines is 3. The Bertz CT molecular complexity index is 701. The number of nitrogens with two attached hydrogens (primary N) is 2. The molecule has 0 unspecified atom stereocenters. The van der Waals surface area contributed by atoms with Gasteiger partial charge in [0.15, 0.2) is 5.16 Å². The molecule has 0 aliphatic carbocycles. The van der Waals surface area contributed by atoms with Gasteiger partial charge in [-0.15, -0.1) is 0 Å². The van der Waals surface area contributed by atoms with Gasteiger partial charge in [-0.3, -0.25) is 4.79 Å². The Morgan fingerprint density at radius 1 is 1.27 bits per heavy atom. The second kappa shape index (κ2) is 5.84. The maximum Gasteiger partial charge on any atom is 0.240 e. The summed E-state index contributed by atoms with van der Waals surface area (Å²) < 4.78 is 0. The summed E-state index contributed by atoms with van der Waals surface area (Å²) in [4.78, 5) is 22.7. The quantitative estimate of drug-likeness (QED) is 0.661. The zero-order valence-electron chi connectivity index (χ0n) is 12.2. The molecule has 0 saturated heterocycles. The van der Waals surface area contributed by atoms with Crippen LogP contribution in [-0.4, -0.2) is 27.7 Å². The number of hydrogen-bond donors (Lipinski definition) is 2. The molecule has 2 heterocycles. The van der Waals surface area contributed by atoms with Crippen LogP contribution in [0, 0.1) is 0 Å². The lowest BCUT2D eigenvalue weighted by atomic mass is 10.2. The Morgan fingerprint density at radius 3 is 2.68 bits per heavy atom. The number of carbonyl (C=O) groups excluding carboxylic acids is 1. The first-order valence-corrected chi connectivity index (χ1v) is 7.88. The minimum Gasteiger partial charge on any atom is -0.383 e. The summed E-state index contributed by atoms with van der Waals surface area (Å²) in [6.07, 6.45) is 0.890. The van der Waals surface area contributed by atoms with Gasteiger partial charge in [0.25, 0.3) is 0 Å². The van der Waals surface area contributed by atoms with Crippen LogP contribution in [0.3, 0.4) is 0 Å². The highest BCUT2D eigenvalue weighted by Gasteiger charge is 2.28. The minimum atomic E-state index is -0.313. The predicted octanol–water partition coefficient (Wildman–Crippen LogP) is 1.71. The Labute approximate surface area is 132 Å². The molecule has 1 amide bonds. The highest BCUT2D eigenvalue weighted by Crippen LogP contribution is 2.31.